The molecule has 4 rings (SSSR count). The zero-order valence-electron chi connectivity index (χ0n) is 17.0. The maximum absolute atomic E-state index is 13.1. The Bertz CT molecular complexity index is 913. The van der Waals surface area contributed by atoms with Crippen molar-refractivity contribution in [3.05, 3.63) is 53.6 Å². The average Bonchev–Trinajstić information content (AvgIpc) is 3.01. The third-order valence-corrected chi connectivity index (χ3v) is 6.57. The lowest BCUT2D eigenvalue weighted by Gasteiger charge is -2.44. The van der Waals surface area contributed by atoms with E-state index in [-0.39, 0.29) is 18.0 Å². The lowest BCUT2D eigenvalue weighted by Crippen LogP contribution is -2.55. The summed E-state index contributed by atoms with van der Waals surface area (Å²) >= 11 is 1.67. The molecule has 5 nitrogen and oxygen atoms in total. The Morgan fingerprint density at radius 1 is 1.14 bits per heavy atom. The molecule has 1 N–H and O–H groups in total. The van der Waals surface area contributed by atoms with Gasteiger partial charge in [0, 0.05) is 29.2 Å². The predicted octanol–water partition coefficient (Wildman–Crippen LogP) is 4.84. The van der Waals surface area contributed by atoms with Gasteiger partial charge in [0.25, 0.3) is 11.8 Å². The van der Waals surface area contributed by atoms with E-state index < -0.39 is 0 Å². The summed E-state index contributed by atoms with van der Waals surface area (Å²) < 4.78 is 0. The van der Waals surface area contributed by atoms with Crippen molar-refractivity contribution in [3.8, 4) is 0 Å². The molecule has 0 unspecified atom stereocenters. The minimum atomic E-state index is -0.156. The van der Waals surface area contributed by atoms with Gasteiger partial charge in [-0.25, -0.2) is 0 Å². The molecule has 1 fully saturated rings. The van der Waals surface area contributed by atoms with Crippen molar-refractivity contribution in [3.63, 3.8) is 0 Å². The van der Waals surface area contributed by atoms with Crippen LogP contribution in [-0.2, 0) is 0 Å². The smallest absolute Gasteiger partial charge is 0.257 e. The van der Waals surface area contributed by atoms with E-state index in [1.807, 2.05) is 47.6 Å². The summed E-state index contributed by atoms with van der Waals surface area (Å²) in [5, 5.41) is 2.96. The number of carbonyl (C=O) groups is 2. The first-order valence-electron chi connectivity index (χ1n) is 10.3. The van der Waals surface area contributed by atoms with Gasteiger partial charge in [0.2, 0.25) is 0 Å². The Hall–Kier alpha value is -2.47. The first-order valence-corrected chi connectivity index (χ1v) is 11.5. The fraction of sp³-hybridized carbons (Fsp3) is 0.391. The summed E-state index contributed by atoms with van der Waals surface area (Å²) in [4.78, 5) is 31.4. The van der Waals surface area contributed by atoms with Crippen LogP contribution in [0.25, 0.3) is 0 Å². The lowest BCUT2D eigenvalue weighted by atomic mass is 10.0. The molecule has 2 heterocycles. The lowest BCUT2D eigenvalue weighted by molar-refractivity contribution is 0.0656. The van der Waals surface area contributed by atoms with Crippen LogP contribution < -0.4 is 10.2 Å². The van der Waals surface area contributed by atoms with Crippen LogP contribution in [0.5, 0.6) is 0 Å². The van der Waals surface area contributed by atoms with E-state index in [9.17, 15) is 9.59 Å². The fourth-order valence-corrected chi connectivity index (χ4v) is 4.73. The van der Waals surface area contributed by atoms with Crippen molar-refractivity contribution in [1.29, 1.82) is 0 Å². The molecule has 0 saturated carbocycles. The molecule has 152 valence electrons. The van der Waals surface area contributed by atoms with Gasteiger partial charge in [-0.3, -0.25) is 9.59 Å². The summed E-state index contributed by atoms with van der Waals surface area (Å²) in [6, 6.07) is 13.3. The molecule has 1 atom stereocenters. The number of thioether (sulfide) groups is 1. The summed E-state index contributed by atoms with van der Waals surface area (Å²) in [6.45, 7) is 3.74. The third kappa shape index (κ3) is 3.86. The molecule has 0 aliphatic carbocycles. The second-order valence-electron chi connectivity index (χ2n) is 7.53. The minimum absolute atomic E-state index is 0.0937. The Balaban J connectivity index is 1.62. The van der Waals surface area contributed by atoms with Crippen LogP contribution in [0.2, 0.25) is 0 Å². The van der Waals surface area contributed by atoms with E-state index in [0.717, 1.165) is 55.0 Å². The second-order valence-corrected chi connectivity index (χ2v) is 8.41. The number of fused-ring (bicyclic) bond motifs is 2. The van der Waals surface area contributed by atoms with Crippen molar-refractivity contribution >= 4 is 35.0 Å². The van der Waals surface area contributed by atoms with Crippen LogP contribution >= 0.6 is 11.8 Å². The number of hydrogen-bond donors (Lipinski definition) is 1. The molecule has 0 aromatic heterocycles. The van der Waals surface area contributed by atoms with Gasteiger partial charge in [-0.05, 0) is 74.9 Å². The number of anilines is 2. The maximum Gasteiger partial charge on any atom is 0.257 e. The molecule has 2 aliphatic rings. The normalized spacial score (nSPS) is 18.7. The van der Waals surface area contributed by atoms with Gasteiger partial charge in [0.05, 0.1) is 11.3 Å². The van der Waals surface area contributed by atoms with Crippen LogP contribution in [0.1, 0.15) is 53.3 Å². The van der Waals surface area contributed by atoms with Gasteiger partial charge < -0.3 is 15.1 Å². The summed E-state index contributed by atoms with van der Waals surface area (Å²) in [6.07, 6.45) is 6.46. The number of nitrogens with zero attached hydrogens (tertiary/aromatic N) is 2. The zero-order chi connectivity index (χ0) is 20.4. The first kappa shape index (κ1) is 19.8. The topological polar surface area (TPSA) is 52.7 Å². The number of carbonyl (C=O) groups excluding carboxylic acids is 2. The van der Waals surface area contributed by atoms with Crippen LogP contribution in [0.3, 0.4) is 0 Å². The van der Waals surface area contributed by atoms with E-state index in [4.69, 9.17) is 0 Å². The molecule has 2 amide bonds. The van der Waals surface area contributed by atoms with Gasteiger partial charge >= 0.3 is 0 Å². The van der Waals surface area contributed by atoms with E-state index in [1.165, 1.54) is 0 Å². The molecule has 2 aromatic rings. The Morgan fingerprint density at radius 3 is 2.66 bits per heavy atom. The minimum Gasteiger partial charge on any atom is -0.351 e. The highest BCUT2D eigenvalue weighted by Gasteiger charge is 2.37. The molecule has 29 heavy (non-hydrogen) atoms. The number of hydrogen-bond acceptors (Lipinski definition) is 4. The van der Waals surface area contributed by atoms with Gasteiger partial charge in [-0.15, -0.1) is 11.8 Å². The molecule has 2 aromatic carbocycles. The van der Waals surface area contributed by atoms with Crippen molar-refractivity contribution in [1.82, 2.24) is 4.90 Å². The number of rotatable bonds is 4. The van der Waals surface area contributed by atoms with E-state index in [2.05, 4.69) is 17.1 Å². The van der Waals surface area contributed by atoms with Crippen LogP contribution in [-0.4, -0.2) is 42.2 Å². The Morgan fingerprint density at radius 2 is 1.93 bits per heavy atom. The monoisotopic (exact) mass is 409 g/mol. The molecule has 0 radical (unpaired) electrons. The van der Waals surface area contributed by atoms with Crippen molar-refractivity contribution in [2.75, 3.05) is 29.6 Å². The highest BCUT2D eigenvalue weighted by Crippen LogP contribution is 2.35. The Labute approximate surface area is 176 Å². The number of nitrogens with one attached hydrogen (secondary N) is 1. The van der Waals surface area contributed by atoms with E-state index in [1.54, 1.807) is 17.8 Å². The zero-order valence-corrected chi connectivity index (χ0v) is 17.8. The van der Waals surface area contributed by atoms with Crippen LogP contribution in [0.4, 0.5) is 11.4 Å². The van der Waals surface area contributed by atoms with Crippen molar-refractivity contribution in [2.45, 2.75) is 43.7 Å². The third-order valence-electron chi connectivity index (χ3n) is 5.83. The van der Waals surface area contributed by atoms with Gasteiger partial charge in [-0.1, -0.05) is 6.42 Å². The fourth-order valence-electron chi connectivity index (χ4n) is 4.32. The van der Waals surface area contributed by atoms with Gasteiger partial charge in [-0.2, -0.15) is 0 Å². The average molecular weight is 410 g/mol. The number of amides is 2. The predicted molar refractivity (Wildman–Crippen MR) is 119 cm³/mol. The first-order chi connectivity index (χ1) is 14.1. The second kappa shape index (κ2) is 8.49. The summed E-state index contributed by atoms with van der Waals surface area (Å²) in [5.41, 5.74) is 2.92. The largest absolute Gasteiger partial charge is 0.351 e. The standard InChI is InChI=1S/C23H27N3O2S/c1-3-25-20-15-16(22(27)24-17-9-11-18(29-2)12-10-17)8-13-19(20)23(28)26-14-6-4-5-7-21(25)26/h8-13,15,21H,3-7,14H2,1-2H3,(H,24,27)/t21-/m0/s1. The quantitative estimate of drug-likeness (QED) is 0.734. The highest BCUT2D eigenvalue weighted by atomic mass is 32.2. The van der Waals surface area contributed by atoms with Crippen molar-refractivity contribution in [2.24, 2.45) is 0 Å². The molecule has 0 bridgehead atoms. The van der Waals surface area contributed by atoms with Crippen LogP contribution in [0.15, 0.2) is 47.4 Å². The highest BCUT2D eigenvalue weighted by molar-refractivity contribution is 7.98. The van der Waals surface area contributed by atoms with Gasteiger partial charge in [0.1, 0.15) is 6.17 Å². The van der Waals surface area contributed by atoms with Crippen molar-refractivity contribution < 1.29 is 9.59 Å². The maximum atomic E-state index is 13.1. The molecular weight excluding hydrogens is 382 g/mol. The molecular formula is C23H27N3O2S. The van der Waals surface area contributed by atoms with E-state index >= 15 is 0 Å². The molecule has 1 saturated heterocycles. The SMILES string of the molecule is CCN1c2cc(C(=O)Nc3ccc(SC)cc3)ccc2C(=O)N2CCCCC[C@H]21. The van der Waals surface area contributed by atoms with Crippen LogP contribution in [0, 0.1) is 0 Å². The Kier molecular flexibility index (Phi) is 5.81. The molecule has 0 spiro atoms. The molecule has 2 aliphatic heterocycles. The summed E-state index contributed by atoms with van der Waals surface area (Å²) in [5.74, 6) is -0.0623. The van der Waals surface area contributed by atoms with Gasteiger partial charge in [0.15, 0.2) is 0 Å². The molecule has 6 heteroatoms. The van der Waals surface area contributed by atoms with E-state index in [0.29, 0.717) is 11.1 Å². The summed E-state index contributed by atoms with van der Waals surface area (Å²) in [7, 11) is 0. The number of benzene rings is 2.